The molecule has 0 unspecified atom stereocenters. The van der Waals surface area contributed by atoms with Crippen LogP contribution in [0.25, 0.3) is 0 Å². The number of rotatable bonds is 7. The van der Waals surface area contributed by atoms with Gasteiger partial charge >= 0.3 is 0 Å². The molecule has 0 radical (unpaired) electrons. The minimum absolute atomic E-state index is 0.831. The van der Waals surface area contributed by atoms with Crippen LogP contribution in [0.15, 0.2) is 24.3 Å². The molecule has 0 bridgehead atoms. The van der Waals surface area contributed by atoms with E-state index in [0.717, 1.165) is 31.4 Å². The monoisotopic (exact) mass is 219 g/mol. The number of benzene rings is 1. The van der Waals surface area contributed by atoms with Gasteiger partial charge in [-0.25, -0.2) is 0 Å². The molecular formula is C14H21NO. The predicted molar refractivity (Wildman–Crippen MR) is 66.9 cm³/mol. The highest BCUT2D eigenvalue weighted by Crippen LogP contribution is 2.18. The molecule has 1 aromatic carbocycles. The lowest BCUT2D eigenvalue weighted by Gasteiger charge is -2.08. The first-order valence-electron chi connectivity index (χ1n) is 6.28. The van der Waals surface area contributed by atoms with Crippen molar-refractivity contribution in [3.05, 3.63) is 29.8 Å². The van der Waals surface area contributed by atoms with Crippen molar-refractivity contribution in [2.45, 2.75) is 38.6 Å². The molecule has 0 atom stereocenters. The fourth-order valence-electron chi connectivity index (χ4n) is 1.72. The second-order valence-corrected chi connectivity index (χ2v) is 4.55. The number of nitrogens with one attached hydrogen (secondary N) is 1. The largest absolute Gasteiger partial charge is 0.493 e. The summed E-state index contributed by atoms with van der Waals surface area (Å²) in [5.41, 5.74) is 1.22. The van der Waals surface area contributed by atoms with Gasteiger partial charge in [-0.05, 0) is 50.8 Å². The highest BCUT2D eigenvalue weighted by atomic mass is 16.5. The van der Waals surface area contributed by atoms with Gasteiger partial charge in [-0.1, -0.05) is 18.2 Å². The Morgan fingerprint density at radius 3 is 2.81 bits per heavy atom. The van der Waals surface area contributed by atoms with Gasteiger partial charge in [0.2, 0.25) is 0 Å². The topological polar surface area (TPSA) is 21.3 Å². The van der Waals surface area contributed by atoms with Crippen LogP contribution in [0.5, 0.6) is 5.75 Å². The first-order valence-corrected chi connectivity index (χ1v) is 6.28. The summed E-state index contributed by atoms with van der Waals surface area (Å²) in [5.74, 6) is 1.03. The molecule has 1 saturated carbocycles. The van der Waals surface area contributed by atoms with Crippen molar-refractivity contribution in [1.29, 1.82) is 0 Å². The van der Waals surface area contributed by atoms with Gasteiger partial charge < -0.3 is 10.1 Å². The number of aryl methyl sites for hydroxylation is 1. The van der Waals surface area contributed by atoms with E-state index in [9.17, 15) is 0 Å². The molecule has 0 aliphatic heterocycles. The Balaban J connectivity index is 1.55. The van der Waals surface area contributed by atoms with Gasteiger partial charge in [0.1, 0.15) is 5.75 Å². The average molecular weight is 219 g/mol. The van der Waals surface area contributed by atoms with Crippen LogP contribution in [0.2, 0.25) is 0 Å². The minimum Gasteiger partial charge on any atom is -0.493 e. The van der Waals surface area contributed by atoms with E-state index in [4.69, 9.17) is 4.74 Å². The maximum atomic E-state index is 5.73. The Hall–Kier alpha value is -1.02. The van der Waals surface area contributed by atoms with Crippen molar-refractivity contribution in [2.24, 2.45) is 0 Å². The van der Waals surface area contributed by atoms with Gasteiger partial charge in [0, 0.05) is 6.04 Å². The van der Waals surface area contributed by atoms with E-state index >= 15 is 0 Å². The molecule has 88 valence electrons. The van der Waals surface area contributed by atoms with Crippen molar-refractivity contribution >= 4 is 0 Å². The molecule has 1 N–H and O–H groups in total. The Bertz CT molecular complexity index is 320. The van der Waals surface area contributed by atoms with Crippen LogP contribution in [0, 0.1) is 6.92 Å². The molecule has 1 aliphatic rings. The third-order valence-corrected chi connectivity index (χ3v) is 2.93. The van der Waals surface area contributed by atoms with E-state index in [2.05, 4.69) is 18.3 Å². The van der Waals surface area contributed by atoms with Crippen LogP contribution in [0.3, 0.4) is 0 Å². The van der Waals surface area contributed by atoms with E-state index < -0.39 is 0 Å². The summed E-state index contributed by atoms with van der Waals surface area (Å²) >= 11 is 0. The van der Waals surface area contributed by atoms with E-state index in [0.29, 0.717) is 0 Å². The third-order valence-electron chi connectivity index (χ3n) is 2.93. The Morgan fingerprint density at radius 1 is 1.25 bits per heavy atom. The zero-order valence-corrected chi connectivity index (χ0v) is 10.0. The molecule has 0 heterocycles. The maximum Gasteiger partial charge on any atom is 0.122 e. The molecule has 16 heavy (non-hydrogen) atoms. The van der Waals surface area contributed by atoms with Crippen LogP contribution in [0.4, 0.5) is 0 Å². The van der Waals surface area contributed by atoms with Gasteiger partial charge in [0.15, 0.2) is 0 Å². The number of hydrogen-bond donors (Lipinski definition) is 1. The first-order chi connectivity index (χ1) is 7.86. The standard InChI is InChI=1S/C14H21NO/c1-12-6-2-3-7-14(12)16-11-5-4-10-15-13-8-9-13/h2-3,6-7,13,15H,4-5,8-11H2,1H3. The van der Waals surface area contributed by atoms with Gasteiger partial charge in [-0.2, -0.15) is 0 Å². The van der Waals surface area contributed by atoms with Crippen LogP contribution in [-0.4, -0.2) is 19.2 Å². The molecule has 1 fully saturated rings. The summed E-state index contributed by atoms with van der Waals surface area (Å²) in [6, 6.07) is 9.03. The zero-order chi connectivity index (χ0) is 11.2. The quantitative estimate of drug-likeness (QED) is 0.712. The molecule has 0 spiro atoms. The Morgan fingerprint density at radius 2 is 2.06 bits per heavy atom. The predicted octanol–water partition coefficient (Wildman–Crippen LogP) is 2.91. The summed E-state index contributed by atoms with van der Waals surface area (Å²) in [6.45, 7) is 4.06. The summed E-state index contributed by atoms with van der Waals surface area (Å²) < 4.78 is 5.73. The lowest BCUT2D eigenvalue weighted by atomic mass is 10.2. The van der Waals surface area contributed by atoms with E-state index in [-0.39, 0.29) is 0 Å². The smallest absolute Gasteiger partial charge is 0.122 e. The summed E-state index contributed by atoms with van der Waals surface area (Å²) in [4.78, 5) is 0. The molecular weight excluding hydrogens is 198 g/mol. The molecule has 2 rings (SSSR count). The van der Waals surface area contributed by atoms with Crippen molar-refractivity contribution in [3.8, 4) is 5.75 Å². The fourth-order valence-corrected chi connectivity index (χ4v) is 1.72. The van der Waals surface area contributed by atoms with Crippen LogP contribution in [-0.2, 0) is 0 Å². The fraction of sp³-hybridized carbons (Fsp3) is 0.571. The number of unbranched alkanes of at least 4 members (excludes halogenated alkanes) is 1. The van der Waals surface area contributed by atoms with E-state index in [1.807, 2.05) is 18.2 Å². The van der Waals surface area contributed by atoms with Crippen LogP contribution >= 0.6 is 0 Å². The average Bonchev–Trinajstić information content (AvgIpc) is 3.09. The second-order valence-electron chi connectivity index (χ2n) is 4.55. The summed E-state index contributed by atoms with van der Waals surface area (Å²) in [7, 11) is 0. The van der Waals surface area contributed by atoms with Crippen LogP contribution < -0.4 is 10.1 Å². The van der Waals surface area contributed by atoms with Crippen molar-refractivity contribution in [1.82, 2.24) is 5.32 Å². The normalized spacial score (nSPS) is 15.1. The Kier molecular flexibility index (Phi) is 4.23. The molecule has 2 heteroatoms. The van der Waals surface area contributed by atoms with E-state index in [1.165, 1.54) is 24.8 Å². The second kappa shape index (κ2) is 5.90. The van der Waals surface area contributed by atoms with E-state index in [1.54, 1.807) is 0 Å². The molecule has 2 nitrogen and oxygen atoms in total. The first kappa shape index (κ1) is 11.5. The third kappa shape index (κ3) is 3.86. The van der Waals surface area contributed by atoms with Crippen molar-refractivity contribution in [3.63, 3.8) is 0 Å². The number of hydrogen-bond acceptors (Lipinski definition) is 2. The maximum absolute atomic E-state index is 5.73. The molecule has 1 aliphatic carbocycles. The summed E-state index contributed by atoms with van der Waals surface area (Å²) in [6.07, 6.45) is 5.09. The lowest BCUT2D eigenvalue weighted by Crippen LogP contribution is -2.17. The van der Waals surface area contributed by atoms with Gasteiger partial charge in [-0.15, -0.1) is 0 Å². The van der Waals surface area contributed by atoms with Gasteiger partial charge in [-0.3, -0.25) is 0 Å². The minimum atomic E-state index is 0.831. The summed E-state index contributed by atoms with van der Waals surface area (Å²) in [5, 5.41) is 3.51. The molecule has 1 aromatic rings. The lowest BCUT2D eigenvalue weighted by molar-refractivity contribution is 0.304. The molecule has 0 saturated heterocycles. The molecule has 0 aromatic heterocycles. The number of ether oxygens (including phenoxy) is 1. The highest BCUT2D eigenvalue weighted by molar-refractivity contribution is 5.31. The Labute approximate surface area is 98.0 Å². The van der Waals surface area contributed by atoms with Crippen molar-refractivity contribution < 1.29 is 4.74 Å². The SMILES string of the molecule is Cc1ccccc1OCCCCNC1CC1. The zero-order valence-electron chi connectivity index (χ0n) is 10.0. The van der Waals surface area contributed by atoms with Crippen LogP contribution in [0.1, 0.15) is 31.2 Å². The van der Waals surface area contributed by atoms with Gasteiger partial charge in [0.05, 0.1) is 6.61 Å². The molecule has 0 amide bonds. The highest BCUT2D eigenvalue weighted by Gasteiger charge is 2.19. The van der Waals surface area contributed by atoms with Gasteiger partial charge in [0.25, 0.3) is 0 Å². The van der Waals surface area contributed by atoms with Crippen molar-refractivity contribution in [2.75, 3.05) is 13.2 Å². The number of para-hydroxylation sites is 1.